The van der Waals surface area contributed by atoms with Crippen LogP contribution in [-0.2, 0) is 0 Å². The molecule has 28 heavy (non-hydrogen) atoms. The highest BCUT2D eigenvalue weighted by Crippen LogP contribution is 2.28. The minimum absolute atomic E-state index is 0.199. The molecule has 0 saturated carbocycles. The standard InChI is InChI=1S/C21H20N4O3/c1-13-19-12-23-25(16-9-18(28-4)11-22-10-16)21(26)20(19)14(2)24(13)15-6-5-7-17(8-15)27-3/h5-12H,1-4H3. The molecule has 0 aliphatic rings. The molecule has 0 fully saturated rings. The molecular weight excluding hydrogens is 356 g/mol. The van der Waals surface area contributed by atoms with E-state index in [4.69, 9.17) is 9.47 Å². The van der Waals surface area contributed by atoms with Crippen LogP contribution in [0.1, 0.15) is 11.4 Å². The topological polar surface area (TPSA) is 71.2 Å². The van der Waals surface area contributed by atoms with E-state index in [2.05, 4.69) is 10.1 Å². The van der Waals surface area contributed by atoms with Gasteiger partial charge < -0.3 is 14.0 Å². The molecule has 4 rings (SSSR count). The SMILES string of the molecule is COc1cccc(-n2c(C)c3cnn(-c4cncc(OC)c4)c(=O)c3c2C)c1. The summed E-state index contributed by atoms with van der Waals surface area (Å²) in [6.07, 6.45) is 4.89. The predicted octanol–water partition coefficient (Wildman–Crippen LogP) is 3.21. The molecule has 0 amide bonds. The molecule has 0 saturated heterocycles. The van der Waals surface area contributed by atoms with Gasteiger partial charge in [0, 0.05) is 34.6 Å². The first kappa shape index (κ1) is 17.8. The lowest BCUT2D eigenvalue weighted by Crippen LogP contribution is -2.21. The lowest BCUT2D eigenvalue weighted by Gasteiger charge is -2.10. The van der Waals surface area contributed by atoms with Gasteiger partial charge in [-0.1, -0.05) is 6.07 Å². The molecule has 0 spiro atoms. The van der Waals surface area contributed by atoms with E-state index in [0.29, 0.717) is 16.8 Å². The van der Waals surface area contributed by atoms with E-state index < -0.39 is 0 Å². The number of fused-ring (bicyclic) bond motifs is 1. The number of hydrogen-bond donors (Lipinski definition) is 0. The Morgan fingerprint density at radius 2 is 1.64 bits per heavy atom. The number of ether oxygens (including phenoxy) is 2. The average molecular weight is 376 g/mol. The van der Waals surface area contributed by atoms with Crippen molar-refractivity contribution in [3.63, 3.8) is 0 Å². The van der Waals surface area contributed by atoms with Crippen molar-refractivity contribution in [1.29, 1.82) is 0 Å². The van der Waals surface area contributed by atoms with Gasteiger partial charge in [0.25, 0.3) is 5.56 Å². The number of methoxy groups -OCH3 is 2. The van der Waals surface area contributed by atoms with Crippen LogP contribution in [0.2, 0.25) is 0 Å². The Morgan fingerprint density at radius 3 is 2.39 bits per heavy atom. The van der Waals surface area contributed by atoms with E-state index in [1.54, 1.807) is 38.9 Å². The van der Waals surface area contributed by atoms with Crippen molar-refractivity contribution < 1.29 is 9.47 Å². The van der Waals surface area contributed by atoms with Gasteiger partial charge >= 0.3 is 0 Å². The average Bonchev–Trinajstić information content (AvgIpc) is 2.99. The van der Waals surface area contributed by atoms with Gasteiger partial charge in [-0.15, -0.1) is 0 Å². The maximum absolute atomic E-state index is 13.3. The van der Waals surface area contributed by atoms with Crippen LogP contribution < -0.4 is 15.0 Å². The molecule has 1 aromatic carbocycles. The maximum atomic E-state index is 13.3. The summed E-state index contributed by atoms with van der Waals surface area (Å²) in [4.78, 5) is 17.4. The molecule has 3 heterocycles. The number of aromatic nitrogens is 4. The third-order valence-electron chi connectivity index (χ3n) is 4.89. The summed E-state index contributed by atoms with van der Waals surface area (Å²) < 4.78 is 13.9. The fourth-order valence-corrected chi connectivity index (χ4v) is 3.52. The summed E-state index contributed by atoms with van der Waals surface area (Å²) in [6.45, 7) is 3.91. The summed E-state index contributed by atoms with van der Waals surface area (Å²) in [7, 11) is 3.19. The number of nitrogens with zero attached hydrogens (tertiary/aromatic N) is 4. The van der Waals surface area contributed by atoms with E-state index in [1.165, 1.54) is 4.68 Å². The third-order valence-corrected chi connectivity index (χ3v) is 4.89. The Hall–Kier alpha value is -3.61. The van der Waals surface area contributed by atoms with Gasteiger partial charge in [-0.3, -0.25) is 9.78 Å². The van der Waals surface area contributed by atoms with Crippen LogP contribution >= 0.6 is 0 Å². The first-order chi connectivity index (χ1) is 13.5. The van der Waals surface area contributed by atoms with Crippen LogP contribution in [0.4, 0.5) is 0 Å². The summed E-state index contributed by atoms with van der Waals surface area (Å²) in [6, 6.07) is 9.47. The molecule has 0 unspecified atom stereocenters. The summed E-state index contributed by atoms with van der Waals surface area (Å²) in [5.41, 5.74) is 3.07. The lowest BCUT2D eigenvalue weighted by molar-refractivity contribution is 0.412. The zero-order chi connectivity index (χ0) is 19.8. The van der Waals surface area contributed by atoms with Crippen molar-refractivity contribution >= 4 is 10.8 Å². The molecule has 4 aromatic rings. The molecule has 0 aliphatic heterocycles. The monoisotopic (exact) mass is 376 g/mol. The van der Waals surface area contributed by atoms with Crippen LogP contribution in [0.5, 0.6) is 11.5 Å². The lowest BCUT2D eigenvalue weighted by atomic mass is 10.2. The molecular formula is C21H20N4O3. The van der Waals surface area contributed by atoms with Crippen molar-refractivity contribution in [3.8, 4) is 22.9 Å². The summed E-state index contributed by atoms with van der Waals surface area (Å²) in [5.74, 6) is 1.32. The number of aryl methyl sites for hydroxylation is 2. The second kappa shape index (κ2) is 6.84. The Kier molecular flexibility index (Phi) is 4.35. The van der Waals surface area contributed by atoms with Crippen LogP contribution in [0.3, 0.4) is 0 Å². The van der Waals surface area contributed by atoms with Crippen molar-refractivity contribution in [1.82, 2.24) is 19.3 Å². The van der Waals surface area contributed by atoms with Crippen molar-refractivity contribution in [2.75, 3.05) is 14.2 Å². The van der Waals surface area contributed by atoms with E-state index in [0.717, 1.165) is 28.2 Å². The van der Waals surface area contributed by atoms with Crippen molar-refractivity contribution in [2.24, 2.45) is 0 Å². The Balaban J connectivity index is 1.97. The molecule has 0 atom stereocenters. The fraction of sp³-hybridized carbons (Fsp3) is 0.190. The molecule has 0 aliphatic carbocycles. The smallest absolute Gasteiger partial charge is 0.281 e. The number of hydrogen-bond acceptors (Lipinski definition) is 5. The zero-order valence-corrected chi connectivity index (χ0v) is 16.1. The summed E-state index contributed by atoms with van der Waals surface area (Å²) in [5, 5.41) is 5.81. The van der Waals surface area contributed by atoms with Gasteiger partial charge in [-0.25, -0.2) is 0 Å². The largest absolute Gasteiger partial charge is 0.497 e. The summed E-state index contributed by atoms with van der Waals surface area (Å²) >= 11 is 0. The van der Waals surface area contributed by atoms with Crippen LogP contribution in [0, 0.1) is 13.8 Å². The van der Waals surface area contributed by atoms with Gasteiger partial charge in [0.1, 0.15) is 11.5 Å². The molecule has 0 radical (unpaired) electrons. The Morgan fingerprint density at radius 1 is 0.893 bits per heavy atom. The second-order valence-electron chi connectivity index (χ2n) is 6.44. The predicted molar refractivity (Wildman–Crippen MR) is 107 cm³/mol. The normalized spacial score (nSPS) is 11.0. The van der Waals surface area contributed by atoms with Gasteiger partial charge in [0.05, 0.1) is 43.9 Å². The molecule has 0 N–H and O–H groups in total. The molecule has 0 bridgehead atoms. The van der Waals surface area contributed by atoms with E-state index >= 15 is 0 Å². The van der Waals surface area contributed by atoms with Crippen LogP contribution in [0.25, 0.3) is 22.1 Å². The first-order valence-corrected chi connectivity index (χ1v) is 8.79. The van der Waals surface area contributed by atoms with Gasteiger partial charge in [-0.05, 0) is 26.0 Å². The minimum Gasteiger partial charge on any atom is -0.497 e. The molecule has 3 aromatic heterocycles. The van der Waals surface area contributed by atoms with Gasteiger partial charge in [-0.2, -0.15) is 9.78 Å². The van der Waals surface area contributed by atoms with Crippen LogP contribution in [0.15, 0.2) is 53.7 Å². The molecule has 142 valence electrons. The maximum Gasteiger partial charge on any atom is 0.281 e. The van der Waals surface area contributed by atoms with E-state index in [-0.39, 0.29) is 5.56 Å². The molecule has 7 heteroatoms. The highest BCUT2D eigenvalue weighted by molar-refractivity contribution is 5.88. The number of rotatable bonds is 4. The Bertz CT molecular complexity index is 1240. The van der Waals surface area contributed by atoms with Crippen molar-refractivity contribution in [2.45, 2.75) is 13.8 Å². The fourth-order valence-electron chi connectivity index (χ4n) is 3.52. The van der Waals surface area contributed by atoms with E-state index in [9.17, 15) is 4.79 Å². The molecule has 7 nitrogen and oxygen atoms in total. The highest BCUT2D eigenvalue weighted by Gasteiger charge is 2.18. The third kappa shape index (κ3) is 2.72. The number of benzene rings is 1. The second-order valence-corrected chi connectivity index (χ2v) is 6.44. The number of pyridine rings is 1. The van der Waals surface area contributed by atoms with Gasteiger partial charge in [0.15, 0.2) is 0 Å². The quantitative estimate of drug-likeness (QED) is 0.547. The minimum atomic E-state index is -0.199. The Labute approximate surface area is 161 Å². The van der Waals surface area contributed by atoms with Gasteiger partial charge in [0.2, 0.25) is 0 Å². The van der Waals surface area contributed by atoms with E-state index in [1.807, 2.05) is 42.7 Å². The zero-order valence-electron chi connectivity index (χ0n) is 16.1. The highest BCUT2D eigenvalue weighted by atomic mass is 16.5. The van der Waals surface area contributed by atoms with Crippen molar-refractivity contribution in [3.05, 3.63) is 70.7 Å². The first-order valence-electron chi connectivity index (χ1n) is 8.79. The van der Waals surface area contributed by atoms with Crippen LogP contribution in [-0.4, -0.2) is 33.6 Å².